The van der Waals surface area contributed by atoms with Gasteiger partial charge >= 0.3 is 0 Å². The number of hydrogen-bond acceptors (Lipinski definition) is 6. The fourth-order valence-electron chi connectivity index (χ4n) is 5.11. The van der Waals surface area contributed by atoms with Crippen LogP contribution in [0.15, 0.2) is 35.2 Å². The Morgan fingerprint density at radius 1 is 1.22 bits per heavy atom. The molecule has 5 rings (SSSR count). The number of fused-ring (bicyclic) bond motifs is 2. The van der Waals surface area contributed by atoms with Crippen molar-refractivity contribution in [3.8, 4) is 0 Å². The molecule has 1 fully saturated rings. The second-order valence-corrected chi connectivity index (χ2v) is 10.9. The van der Waals surface area contributed by atoms with E-state index in [1.54, 1.807) is 0 Å². The largest absolute Gasteiger partial charge is 0.394 e. The Bertz CT molecular complexity index is 1060. The number of allylic oxidation sites excluding steroid dienone is 2. The van der Waals surface area contributed by atoms with Crippen LogP contribution in [0, 0.1) is 11.8 Å². The minimum absolute atomic E-state index is 0.0143. The highest BCUT2D eigenvalue weighted by Gasteiger charge is 2.31. The van der Waals surface area contributed by atoms with E-state index in [9.17, 15) is 9.32 Å². The molecule has 0 spiro atoms. The first-order valence-electron chi connectivity index (χ1n) is 11.7. The first kappa shape index (κ1) is 21.6. The summed E-state index contributed by atoms with van der Waals surface area (Å²) in [6, 6.07) is 8.64. The smallest absolute Gasteiger partial charge is 0.227 e. The number of aryl methyl sites for hydroxylation is 1. The number of aromatic nitrogens is 2. The monoisotopic (exact) mass is 452 g/mol. The third-order valence-electron chi connectivity index (χ3n) is 7.09. The Labute approximate surface area is 192 Å². The lowest BCUT2D eigenvalue weighted by molar-refractivity contribution is 0.249. The molecule has 6 nitrogen and oxygen atoms in total. The van der Waals surface area contributed by atoms with E-state index in [2.05, 4.69) is 54.4 Å². The maximum Gasteiger partial charge on any atom is 0.227 e. The lowest BCUT2D eigenvalue weighted by Crippen LogP contribution is -2.36. The lowest BCUT2D eigenvalue weighted by Gasteiger charge is -2.33. The van der Waals surface area contributed by atoms with Crippen molar-refractivity contribution in [1.29, 1.82) is 0 Å². The van der Waals surface area contributed by atoms with Gasteiger partial charge in [0.25, 0.3) is 0 Å². The van der Waals surface area contributed by atoms with E-state index in [0.29, 0.717) is 17.5 Å². The van der Waals surface area contributed by atoms with E-state index in [-0.39, 0.29) is 18.6 Å². The summed E-state index contributed by atoms with van der Waals surface area (Å²) in [6.45, 7) is 5.97. The zero-order valence-corrected chi connectivity index (χ0v) is 19.7. The van der Waals surface area contributed by atoms with Crippen LogP contribution in [-0.4, -0.2) is 50.8 Å². The molecule has 2 atom stereocenters. The van der Waals surface area contributed by atoms with Gasteiger partial charge in [-0.05, 0) is 47.8 Å². The van der Waals surface area contributed by atoms with Crippen LogP contribution in [0.25, 0.3) is 5.57 Å². The molecule has 1 aromatic heterocycles. The minimum atomic E-state index is -1.08. The lowest BCUT2D eigenvalue weighted by atomic mass is 9.86. The summed E-state index contributed by atoms with van der Waals surface area (Å²) in [6.07, 6.45) is 6.35. The van der Waals surface area contributed by atoms with Crippen LogP contribution in [0.4, 0.5) is 11.8 Å². The molecule has 1 unspecified atom stereocenters. The van der Waals surface area contributed by atoms with Crippen LogP contribution in [0.2, 0.25) is 0 Å². The maximum atomic E-state index is 12.6. The molecule has 32 heavy (non-hydrogen) atoms. The molecule has 0 saturated carbocycles. The molecule has 2 aromatic rings. The van der Waals surface area contributed by atoms with Gasteiger partial charge < -0.3 is 15.3 Å². The van der Waals surface area contributed by atoms with Crippen LogP contribution in [-0.2, 0) is 23.6 Å². The number of nitrogens with one attached hydrogen (secondary N) is 1. The molecule has 2 aliphatic heterocycles. The fraction of sp³-hybridized carbons (Fsp3) is 0.520. The second kappa shape index (κ2) is 8.94. The molecule has 0 bridgehead atoms. The van der Waals surface area contributed by atoms with E-state index < -0.39 is 10.8 Å². The average molecular weight is 453 g/mol. The highest BCUT2D eigenvalue weighted by atomic mass is 32.2. The molecule has 2 N–H and O–H groups in total. The van der Waals surface area contributed by atoms with Gasteiger partial charge in [-0.25, -0.2) is 4.98 Å². The third-order valence-corrected chi connectivity index (χ3v) is 8.55. The van der Waals surface area contributed by atoms with Crippen molar-refractivity contribution >= 4 is 28.1 Å². The van der Waals surface area contributed by atoms with Crippen molar-refractivity contribution in [2.24, 2.45) is 11.8 Å². The van der Waals surface area contributed by atoms with Crippen molar-refractivity contribution < 1.29 is 9.32 Å². The van der Waals surface area contributed by atoms with E-state index in [4.69, 9.17) is 9.97 Å². The summed E-state index contributed by atoms with van der Waals surface area (Å²) in [5, 5.41) is 13.2. The Hall–Kier alpha value is -2.25. The Kier molecular flexibility index (Phi) is 6.03. The summed E-state index contributed by atoms with van der Waals surface area (Å²) in [5.74, 6) is 2.79. The standard InChI is InChI=1S/C25H32N4O2S/c1-16(2)22(15-30)26-24-23-21(11-14-32(23)31)27-25(28-24)29-12-9-18(10-13-29)20-8-7-17-5-3-4-6-19(17)20/h3-6,8,16,18,22,30H,7,9-15H2,1-2H3,(H,26,27,28)/t22-,32?/m0/s1. The zero-order valence-electron chi connectivity index (χ0n) is 18.9. The van der Waals surface area contributed by atoms with Crippen LogP contribution in [0.3, 0.4) is 0 Å². The summed E-state index contributed by atoms with van der Waals surface area (Å²) in [5.41, 5.74) is 5.28. The number of benzene rings is 1. The summed E-state index contributed by atoms with van der Waals surface area (Å²) in [7, 11) is -1.08. The van der Waals surface area contributed by atoms with Crippen molar-refractivity contribution in [2.75, 3.05) is 35.7 Å². The Morgan fingerprint density at radius 3 is 2.75 bits per heavy atom. The number of rotatable bonds is 6. The van der Waals surface area contributed by atoms with Crippen LogP contribution < -0.4 is 10.2 Å². The second-order valence-electron chi connectivity index (χ2n) is 9.41. The number of piperidine rings is 1. The van der Waals surface area contributed by atoms with E-state index in [0.717, 1.165) is 55.3 Å². The molecular formula is C25H32N4O2S. The van der Waals surface area contributed by atoms with Crippen molar-refractivity contribution in [3.05, 3.63) is 47.2 Å². The average Bonchev–Trinajstić information content (AvgIpc) is 3.41. The van der Waals surface area contributed by atoms with Crippen molar-refractivity contribution in [1.82, 2.24) is 9.97 Å². The molecule has 7 heteroatoms. The fourth-order valence-corrected chi connectivity index (χ4v) is 6.42. The first-order valence-corrected chi connectivity index (χ1v) is 13.1. The molecular weight excluding hydrogens is 420 g/mol. The predicted octanol–water partition coefficient (Wildman–Crippen LogP) is 3.43. The number of anilines is 2. The molecule has 0 amide bonds. The van der Waals surface area contributed by atoms with Crippen LogP contribution in [0.1, 0.15) is 43.5 Å². The molecule has 3 aliphatic rings. The molecule has 3 heterocycles. The van der Waals surface area contributed by atoms with Gasteiger partial charge in [0.15, 0.2) is 0 Å². The molecule has 1 aliphatic carbocycles. The van der Waals surface area contributed by atoms with E-state index >= 15 is 0 Å². The molecule has 1 saturated heterocycles. The highest BCUT2D eigenvalue weighted by Crippen LogP contribution is 2.39. The van der Waals surface area contributed by atoms with Gasteiger partial charge in [0.1, 0.15) is 10.7 Å². The van der Waals surface area contributed by atoms with E-state index in [1.165, 1.54) is 16.7 Å². The van der Waals surface area contributed by atoms with Gasteiger partial charge in [0.2, 0.25) is 5.95 Å². The Balaban J connectivity index is 1.35. The normalized spacial score (nSPS) is 21.4. The molecule has 1 aromatic carbocycles. The first-order chi connectivity index (χ1) is 15.5. The highest BCUT2D eigenvalue weighted by molar-refractivity contribution is 7.85. The van der Waals surface area contributed by atoms with E-state index in [1.807, 2.05) is 0 Å². The third kappa shape index (κ3) is 3.97. The number of aliphatic hydroxyl groups excluding tert-OH is 1. The van der Waals surface area contributed by atoms with Gasteiger partial charge in [0.05, 0.1) is 29.1 Å². The van der Waals surface area contributed by atoms with Gasteiger partial charge in [-0.1, -0.05) is 44.2 Å². The number of aliphatic hydroxyl groups is 1. The molecule has 170 valence electrons. The predicted molar refractivity (Wildman–Crippen MR) is 129 cm³/mol. The van der Waals surface area contributed by atoms with Crippen molar-refractivity contribution in [3.63, 3.8) is 0 Å². The quantitative estimate of drug-likeness (QED) is 0.699. The van der Waals surface area contributed by atoms with Gasteiger partial charge in [0, 0.05) is 25.3 Å². The maximum absolute atomic E-state index is 12.6. The summed E-state index contributed by atoms with van der Waals surface area (Å²) >= 11 is 0. The minimum Gasteiger partial charge on any atom is -0.394 e. The van der Waals surface area contributed by atoms with Crippen molar-refractivity contribution in [2.45, 2.75) is 50.5 Å². The van der Waals surface area contributed by atoms with Gasteiger partial charge in [-0.15, -0.1) is 0 Å². The summed E-state index contributed by atoms with van der Waals surface area (Å²) < 4.78 is 12.6. The number of hydrogen-bond donors (Lipinski definition) is 2. The van der Waals surface area contributed by atoms with Crippen LogP contribution in [0.5, 0.6) is 0 Å². The number of nitrogens with zero attached hydrogens (tertiary/aromatic N) is 3. The van der Waals surface area contributed by atoms with Gasteiger partial charge in [-0.2, -0.15) is 4.98 Å². The Morgan fingerprint density at radius 2 is 2.00 bits per heavy atom. The van der Waals surface area contributed by atoms with Gasteiger partial charge in [-0.3, -0.25) is 4.21 Å². The van der Waals surface area contributed by atoms with Crippen LogP contribution >= 0.6 is 0 Å². The molecule has 0 radical (unpaired) electrons. The zero-order chi connectivity index (χ0) is 22.2. The summed E-state index contributed by atoms with van der Waals surface area (Å²) in [4.78, 5) is 12.7. The SMILES string of the molecule is CC(C)[C@H](CO)Nc1nc(N2CCC(C3=CCc4ccccc43)CC2)nc2c1S(=O)CC2. The topological polar surface area (TPSA) is 78.3 Å².